The Morgan fingerprint density at radius 2 is 1.83 bits per heavy atom. The highest BCUT2D eigenvalue weighted by Gasteiger charge is 2.43. The lowest BCUT2D eigenvalue weighted by Crippen LogP contribution is -2.63. The van der Waals surface area contributed by atoms with E-state index in [0.29, 0.717) is 40.3 Å². The Morgan fingerprint density at radius 1 is 1.05 bits per heavy atom. The highest BCUT2D eigenvalue weighted by molar-refractivity contribution is 5.84. The van der Waals surface area contributed by atoms with Crippen molar-refractivity contribution in [2.24, 2.45) is 5.92 Å². The number of piperazine rings is 1. The summed E-state index contributed by atoms with van der Waals surface area (Å²) in [6.07, 6.45) is -0.720. The first-order valence-corrected chi connectivity index (χ1v) is 18.9. The lowest BCUT2D eigenvalue weighted by Gasteiger charge is -2.46. The van der Waals surface area contributed by atoms with E-state index in [9.17, 15) is 37.4 Å². The van der Waals surface area contributed by atoms with Gasteiger partial charge in [-0.1, -0.05) is 18.2 Å². The second kappa shape index (κ2) is 16.9. The van der Waals surface area contributed by atoms with Gasteiger partial charge in [-0.3, -0.25) is 24.4 Å². The molecule has 5 atom stereocenters. The van der Waals surface area contributed by atoms with Crippen molar-refractivity contribution < 1.29 is 50.9 Å². The fourth-order valence-corrected chi connectivity index (χ4v) is 7.65. The number of aromatic nitrogens is 2. The summed E-state index contributed by atoms with van der Waals surface area (Å²) in [7, 11) is 0. The molecular formula is C41H44F4N6O7. The molecule has 308 valence electrons. The van der Waals surface area contributed by atoms with Gasteiger partial charge in [0.25, 0.3) is 0 Å². The topological polar surface area (TPSA) is 166 Å². The lowest BCUT2D eigenvalue weighted by molar-refractivity contribution is -0.144. The molecule has 7 rings (SSSR count). The molecule has 4 N–H and O–H groups in total. The van der Waals surface area contributed by atoms with Gasteiger partial charge in [0, 0.05) is 54.8 Å². The van der Waals surface area contributed by atoms with Crippen LogP contribution in [0.3, 0.4) is 0 Å². The third-order valence-corrected chi connectivity index (χ3v) is 10.8. The number of furan rings is 1. The number of aliphatic hydroxyl groups excluding tert-OH is 2. The van der Waals surface area contributed by atoms with E-state index in [2.05, 4.69) is 15.3 Å². The van der Waals surface area contributed by atoms with Crippen molar-refractivity contribution in [1.29, 1.82) is 0 Å². The van der Waals surface area contributed by atoms with E-state index < -0.39 is 66.1 Å². The minimum absolute atomic E-state index is 0.0411. The second-order valence-electron chi connectivity index (χ2n) is 15.2. The predicted molar refractivity (Wildman–Crippen MR) is 202 cm³/mol. The molecule has 3 aromatic heterocycles. The maximum absolute atomic E-state index is 14.2. The van der Waals surface area contributed by atoms with E-state index in [4.69, 9.17) is 13.6 Å². The summed E-state index contributed by atoms with van der Waals surface area (Å²) < 4.78 is 70.8. The summed E-state index contributed by atoms with van der Waals surface area (Å²) in [6, 6.07) is 12.6. The van der Waals surface area contributed by atoms with Gasteiger partial charge in [-0.05, 0) is 68.7 Å². The van der Waals surface area contributed by atoms with Crippen LogP contribution in [0.1, 0.15) is 43.3 Å². The van der Waals surface area contributed by atoms with Gasteiger partial charge in [0.1, 0.15) is 36.9 Å². The van der Waals surface area contributed by atoms with Gasteiger partial charge in [0.05, 0.1) is 36.3 Å². The Bertz CT molecular complexity index is 2210. The number of nitrogens with zero attached hydrogens (tertiary/aromatic N) is 4. The number of benzene rings is 2. The first-order valence-electron chi connectivity index (χ1n) is 18.9. The number of alkyl halides is 3. The number of amides is 2. The molecule has 17 heteroatoms. The van der Waals surface area contributed by atoms with Crippen LogP contribution in [-0.2, 0) is 21.5 Å². The number of hydrogen-bond acceptors (Lipinski definition) is 11. The Labute approximate surface area is 331 Å². The van der Waals surface area contributed by atoms with Gasteiger partial charge in [-0.25, -0.2) is 9.37 Å². The summed E-state index contributed by atoms with van der Waals surface area (Å²) >= 11 is 0. The van der Waals surface area contributed by atoms with Gasteiger partial charge < -0.3 is 34.4 Å². The molecule has 1 fully saturated rings. The Morgan fingerprint density at radius 3 is 2.60 bits per heavy atom. The van der Waals surface area contributed by atoms with Crippen LogP contribution in [0.25, 0.3) is 22.3 Å². The van der Waals surface area contributed by atoms with E-state index >= 15 is 0 Å². The second-order valence-corrected chi connectivity index (χ2v) is 15.2. The molecule has 1 saturated heterocycles. The fraction of sp³-hybridized carbons (Fsp3) is 0.415. The maximum atomic E-state index is 14.2. The number of carbonyl (C=O) groups is 2. The van der Waals surface area contributed by atoms with Gasteiger partial charge in [0.2, 0.25) is 17.7 Å². The third-order valence-electron chi connectivity index (χ3n) is 10.8. The number of oxazole rings is 1. The molecule has 0 bridgehead atoms. The van der Waals surface area contributed by atoms with Crippen LogP contribution in [0.5, 0.6) is 5.75 Å². The van der Waals surface area contributed by atoms with Crippen molar-refractivity contribution in [1.82, 2.24) is 30.4 Å². The molecule has 2 aromatic carbocycles. The van der Waals surface area contributed by atoms with Crippen LogP contribution < -0.4 is 15.4 Å². The minimum atomic E-state index is -4.66. The van der Waals surface area contributed by atoms with Crippen molar-refractivity contribution in [3.63, 3.8) is 0 Å². The number of carbonyl (C=O) groups excluding carboxylic acids is 2. The Balaban J connectivity index is 1.10. The molecule has 0 aliphatic carbocycles. The van der Waals surface area contributed by atoms with Crippen molar-refractivity contribution in [3.05, 3.63) is 102 Å². The number of rotatable bonds is 13. The maximum Gasteiger partial charge on any atom is 0.405 e. The van der Waals surface area contributed by atoms with E-state index in [1.165, 1.54) is 24.6 Å². The van der Waals surface area contributed by atoms with Crippen molar-refractivity contribution >= 4 is 22.8 Å². The molecule has 0 saturated carbocycles. The van der Waals surface area contributed by atoms with Crippen LogP contribution in [0, 0.1) is 11.7 Å². The highest BCUT2D eigenvalue weighted by atomic mass is 19.4. The van der Waals surface area contributed by atoms with E-state index in [1.54, 1.807) is 59.8 Å². The molecular weight excluding hydrogens is 764 g/mol. The normalized spacial score (nSPS) is 20.2. The van der Waals surface area contributed by atoms with Crippen molar-refractivity contribution in [2.75, 3.05) is 39.3 Å². The lowest BCUT2D eigenvalue weighted by atomic mass is 9.90. The first kappa shape index (κ1) is 40.8. The molecule has 13 nitrogen and oxygen atoms in total. The zero-order chi connectivity index (χ0) is 41.2. The zero-order valence-electron chi connectivity index (χ0n) is 31.8. The number of β-amino-alcohol motifs (C(OH)–C–C–N with tert-alkyl or cyclic N) is 1. The van der Waals surface area contributed by atoms with Crippen molar-refractivity contribution in [3.8, 4) is 17.1 Å². The first-order chi connectivity index (χ1) is 27.7. The number of pyridine rings is 1. The Kier molecular flexibility index (Phi) is 11.9. The average molecular weight is 809 g/mol. The quantitative estimate of drug-likeness (QED) is 0.121. The largest absolute Gasteiger partial charge is 0.490 e. The summed E-state index contributed by atoms with van der Waals surface area (Å²) in [6.45, 7) is 2.34. The molecule has 0 radical (unpaired) electrons. The molecule has 58 heavy (non-hydrogen) atoms. The van der Waals surface area contributed by atoms with Crippen LogP contribution in [0.15, 0.2) is 88.3 Å². The average Bonchev–Trinajstić information content (AvgIpc) is 3.87. The third kappa shape index (κ3) is 9.17. The van der Waals surface area contributed by atoms with Gasteiger partial charge >= 0.3 is 6.18 Å². The molecule has 5 heterocycles. The summed E-state index contributed by atoms with van der Waals surface area (Å²) in [5, 5.41) is 28.2. The SMILES string of the molecule is CC(C)(c1ncc(-c2ccc(F)cc2)o1)N1CCN(C[C@@H](O)C[C@@H](Cc2coc3cnccc23)C(=O)NC2c3ccccc3OC[C@H]2O)[C@H](C(=O)NCC(F)(F)F)C1. The fourth-order valence-electron chi connectivity index (χ4n) is 7.65. The molecule has 5 aromatic rings. The standard InChI is InChI=1S/C41H44F4N6O7/c1-40(2,39-47-18-34(58-39)24-7-9-27(42)10-8-24)51-14-13-50(31(20-51)38(55)48-23-41(43,44)45)19-28(52)16-25(15-26-21-56-35-17-46-12-11-29(26)35)37(54)49-36-30-5-3-4-6-33(30)57-22-32(36)53/h3-12,17-18,21,25,28,31-32,36,52-53H,13-16,19-20,22-23H2,1-2H3,(H,48,55)(H,49,54)/t25-,28+,31+,32-,36?/m1/s1. The zero-order valence-corrected chi connectivity index (χ0v) is 31.8. The summed E-state index contributed by atoms with van der Waals surface area (Å²) in [5.74, 6) is -1.43. The predicted octanol–water partition coefficient (Wildman–Crippen LogP) is 4.74. The molecule has 2 aliphatic heterocycles. The molecule has 2 aliphatic rings. The number of aliphatic hydroxyl groups is 2. The van der Waals surface area contributed by atoms with Crippen LogP contribution in [0.2, 0.25) is 0 Å². The number of hydrogen-bond donors (Lipinski definition) is 4. The number of fused-ring (bicyclic) bond motifs is 2. The summed E-state index contributed by atoms with van der Waals surface area (Å²) in [4.78, 5) is 39.7. The molecule has 2 amide bonds. The number of para-hydroxylation sites is 1. The van der Waals surface area contributed by atoms with Gasteiger partial charge in [-0.2, -0.15) is 13.2 Å². The van der Waals surface area contributed by atoms with Crippen LogP contribution in [0.4, 0.5) is 17.6 Å². The molecule has 0 spiro atoms. The Hall–Kier alpha value is -5.36. The van der Waals surface area contributed by atoms with E-state index in [-0.39, 0.29) is 45.0 Å². The number of halogens is 4. The van der Waals surface area contributed by atoms with Crippen LogP contribution in [-0.4, -0.2) is 106 Å². The van der Waals surface area contributed by atoms with E-state index in [1.807, 2.05) is 24.1 Å². The minimum Gasteiger partial charge on any atom is -0.490 e. The molecule has 1 unspecified atom stereocenters. The number of nitrogens with one attached hydrogen (secondary N) is 2. The number of ether oxygens (including phenoxy) is 1. The monoisotopic (exact) mass is 808 g/mol. The summed E-state index contributed by atoms with van der Waals surface area (Å²) in [5.41, 5.74) is 1.45. The van der Waals surface area contributed by atoms with Crippen LogP contribution >= 0.6 is 0 Å². The smallest absolute Gasteiger partial charge is 0.405 e. The van der Waals surface area contributed by atoms with Crippen molar-refractivity contribution in [2.45, 2.75) is 62.7 Å². The van der Waals surface area contributed by atoms with Gasteiger partial charge in [0.15, 0.2) is 11.3 Å². The van der Waals surface area contributed by atoms with E-state index in [0.717, 1.165) is 5.39 Å². The highest BCUT2D eigenvalue weighted by Crippen LogP contribution is 2.35. The van der Waals surface area contributed by atoms with Gasteiger partial charge in [-0.15, -0.1) is 0 Å².